The van der Waals surface area contributed by atoms with Crippen molar-refractivity contribution in [2.45, 2.75) is 12.8 Å². The Bertz CT molecular complexity index is 420. The van der Waals surface area contributed by atoms with E-state index in [1.807, 2.05) is 6.07 Å². The van der Waals surface area contributed by atoms with Crippen molar-refractivity contribution in [2.24, 2.45) is 5.92 Å². The maximum atomic E-state index is 11.4. The smallest absolute Gasteiger partial charge is 0.314 e. The number of rotatable bonds is 5. The Balaban J connectivity index is 2.78. The predicted molar refractivity (Wildman–Crippen MR) is 56.5 cm³/mol. The summed E-state index contributed by atoms with van der Waals surface area (Å²) in [4.78, 5) is 22.3. The monoisotopic (exact) mass is 217 g/mol. The molecule has 0 spiro atoms. The van der Waals surface area contributed by atoms with E-state index in [0.29, 0.717) is 0 Å². The van der Waals surface area contributed by atoms with Crippen molar-refractivity contribution in [1.29, 1.82) is 5.26 Å². The van der Waals surface area contributed by atoms with E-state index in [-0.39, 0.29) is 12.8 Å². The van der Waals surface area contributed by atoms with Gasteiger partial charge >= 0.3 is 5.97 Å². The van der Waals surface area contributed by atoms with Gasteiger partial charge in [0, 0.05) is 0 Å². The van der Waals surface area contributed by atoms with Crippen LogP contribution in [0.4, 0.5) is 0 Å². The van der Waals surface area contributed by atoms with E-state index in [4.69, 9.17) is 10.4 Å². The standard InChI is InChI=1S/C12H11NO3/c13-7-6-11(14)10(12(15)16)8-9-4-2-1-3-5-9/h1-5,10H,6,8H2,(H,15,16). The highest BCUT2D eigenvalue weighted by Gasteiger charge is 2.25. The normalized spacial score (nSPS) is 11.4. The Kier molecular flexibility index (Phi) is 4.22. The first kappa shape index (κ1) is 11.9. The number of carbonyl (C=O) groups excluding carboxylic acids is 1. The van der Waals surface area contributed by atoms with Gasteiger partial charge in [0.15, 0.2) is 5.78 Å². The highest BCUT2D eigenvalue weighted by atomic mass is 16.4. The molecule has 0 saturated heterocycles. The topological polar surface area (TPSA) is 78.2 Å². The van der Waals surface area contributed by atoms with Crippen molar-refractivity contribution < 1.29 is 14.7 Å². The largest absolute Gasteiger partial charge is 0.481 e. The number of carbonyl (C=O) groups is 2. The zero-order valence-corrected chi connectivity index (χ0v) is 8.59. The van der Waals surface area contributed by atoms with Gasteiger partial charge in [-0.15, -0.1) is 0 Å². The molecule has 0 aromatic heterocycles. The molecule has 1 N–H and O–H groups in total. The summed E-state index contributed by atoms with van der Waals surface area (Å²) >= 11 is 0. The lowest BCUT2D eigenvalue weighted by molar-refractivity contribution is -0.145. The molecule has 1 unspecified atom stereocenters. The van der Waals surface area contributed by atoms with Crippen LogP contribution >= 0.6 is 0 Å². The van der Waals surface area contributed by atoms with Crippen LogP contribution in [0.5, 0.6) is 0 Å². The number of hydrogen-bond donors (Lipinski definition) is 1. The van der Waals surface area contributed by atoms with Gasteiger partial charge in [0.1, 0.15) is 5.92 Å². The van der Waals surface area contributed by atoms with E-state index < -0.39 is 17.7 Å². The minimum Gasteiger partial charge on any atom is -0.481 e. The Morgan fingerprint density at radius 3 is 2.44 bits per heavy atom. The minimum absolute atomic E-state index is 0.136. The molecule has 0 radical (unpaired) electrons. The van der Waals surface area contributed by atoms with Gasteiger partial charge in [-0.25, -0.2) is 0 Å². The third-order valence-electron chi connectivity index (χ3n) is 2.22. The van der Waals surface area contributed by atoms with E-state index in [0.717, 1.165) is 5.56 Å². The molecule has 0 aliphatic rings. The number of nitrogens with zero attached hydrogens (tertiary/aromatic N) is 1. The fourth-order valence-corrected chi connectivity index (χ4v) is 1.39. The lowest BCUT2D eigenvalue weighted by Crippen LogP contribution is -2.25. The first-order valence-electron chi connectivity index (χ1n) is 4.81. The first-order valence-corrected chi connectivity index (χ1v) is 4.81. The number of Topliss-reactive ketones (excluding diaryl/α,β-unsaturated/α-hetero) is 1. The molecule has 1 aromatic rings. The van der Waals surface area contributed by atoms with Gasteiger partial charge in [-0.3, -0.25) is 9.59 Å². The molecule has 0 aliphatic heterocycles. The zero-order valence-electron chi connectivity index (χ0n) is 8.59. The highest BCUT2D eigenvalue weighted by Crippen LogP contribution is 2.11. The average molecular weight is 217 g/mol. The minimum atomic E-state index is -1.18. The van der Waals surface area contributed by atoms with Gasteiger partial charge < -0.3 is 5.11 Å². The molecule has 16 heavy (non-hydrogen) atoms. The second-order valence-corrected chi connectivity index (χ2v) is 3.38. The molecule has 0 saturated carbocycles. The number of ketones is 1. The van der Waals surface area contributed by atoms with Gasteiger partial charge in [-0.05, 0) is 12.0 Å². The Labute approximate surface area is 93.1 Å². The van der Waals surface area contributed by atoms with Crippen LogP contribution in [0.15, 0.2) is 30.3 Å². The van der Waals surface area contributed by atoms with Crippen LogP contribution in [0.25, 0.3) is 0 Å². The summed E-state index contributed by atoms with van der Waals surface area (Å²) in [6, 6.07) is 10.6. The van der Waals surface area contributed by atoms with E-state index in [9.17, 15) is 9.59 Å². The molecule has 82 valence electrons. The number of aliphatic carboxylic acids is 1. The third kappa shape index (κ3) is 3.21. The first-order chi connectivity index (χ1) is 7.65. The molecule has 0 bridgehead atoms. The highest BCUT2D eigenvalue weighted by molar-refractivity contribution is 5.99. The fourth-order valence-electron chi connectivity index (χ4n) is 1.39. The van der Waals surface area contributed by atoms with Gasteiger partial charge in [-0.1, -0.05) is 30.3 Å². The van der Waals surface area contributed by atoms with Crippen LogP contribution in [-0.2, 0) is 16.0 Å². The average Bonchev–Trinajstić information content (AvgIpc) is 2.27. The summed E-state index contributed by atoms with van der Waals surface area (Å²) in [5.41, 5.74) is 0.779. The van der Waals surface area contributed by atoms with Crippen LogP contribution in [0.3, 0.4) is 0 Å². The SMILES string of the molecule is N#CCC(=O)C(Cc1ccccc1)C(=O)O. The Hall–Kier alpha value is -2.15. The number of hydrogen-bond acceptors (Lipinski definition) is 3. The lowest BCUT2D eigenvalue weighted by atomic mass is 9.94. The van der Waals surface area contributed by atoms with Crippen molar-refractivity contribution in [3.63, 3.8) is 0 Å². The number of carboxylic acids is 1. The summed E-state index contributed by atoms with van der Waals surface area (Å²) in [6.45, 7) is 0. The zero-order chi connectivity index (χ0) is 12.0. The van der Waals surface area contributed by atoms with Crippen molar-refractivity contribution in [3.8, 4) is 6.07 Å². The van der Waals surface area contributed by atoms with E-state index in [2.05, 4.69) is 0 Å². The van der Waals surface area contributed by atoms with Gasteiger partial charge in [-0.2, -0.15) is 5.26 Å². The molecule has 4 heteroatoms. The summed E-state index contributed by atoms with van der Waals surface area (Å²) in [5.74, 6) is -2.84. The maximum Gasteiger partial charge on any atom is 0.314 e. The van der Waals surface area contributed by atoms with Crippen molar-refractivity contribution in [1.82, 2.24) is 0 Å². The van der Waals surface area contributed by atoms with Crippen molar-refractivity contribution in [2.75, 3.05) is 0 Å². The lowest BCUT2D eigenvalue weighted by Gasteiger charge is -2.09. The number of nitriles is 1. The van der Waals surface area contributed by atoms with E-state index >= 15 is 0 Å². The van der Waals surface area contributed by atoms with Gasteiger partial charge in [0.05, 0.1) is 12.5 Å². The molecule has 1 rings (SSSR count). The molecule has 0 heterocycles. The van der Waals surface area contributed by atoms with Crippen LogP contribution in [-0.4, -0.2) is 16.9 Å². The molecule has 1 aromatic carbocycles. The van der Waals surface area contributed by atoms with Crippen LogP contribution < -0.4 is 0 Å². The Morgan fingerprint density at radius 1 is 1.31 bits per heavy atom. The summed E-state index contributed by atoms with van der Waals surface area (Å²) in [7, 11) is 0. The maximum absolute atomic E-state index is 11.4. The summed E-state index contributed by atoms with van der Waals surface area (Å²) < 4.78 is 0. The number of carboxylic acid groups (broad SMARTS) is 1. The summed E-state index contributed by atoms with van der Waals surface area (Å²) in [6.07, 6.45) is -0.222. The van der Waals surface area contributed by atoms with E-state index in [1.54, 1.807) is 30.3 Å². The van der Waals surface area contributed by atoms with Crippen molar-refractivity contribution >= 4 is 11.8 Å². The molecular formula is C12H11NO3. The van der Waals surface area contributed by atoms with E-state index in [1.165, 1.54) is 0 Å². The second-order valence-electron chi connectivity index (χ2n) is 3.38. The second kappa shape index (κ2) is 5.66. The summed E-state index contributed by atoms with van der Waals surface area (Å²) in [5, 5.41) is 17.3. The van der Waals surface area contributed by atoms with Crippen LogP contribution in [0.2, 0.25) is 0 Å². The molecule has 4 nitrogen and oxygen atoms in total. The van der Waals surface area contributed by atoms with Crippen LogP contribution in [0.1, 0.15) is 12.0 Å². The molecule has 1 atom stereocenters. The quantitative estimate of drug-likeness (QED) is 0.756. The molecule has 0 amide bonds. The number of benzene rings is 1. The molecular weight excluding hydrogens is 206 g/mol. The third-order valence-corrected chi connectivity index (χ3v) is 2.22. The fraction of sp³-hybridized carbons (Fsp3) is 0.250. The predicted octanol–water partition coefficient (Wildman–Crippen LogP) is 1.41. The molecule has 0 aliphatic carbocycles. The van der Waals surface area contributed by atoms with Gasteiger partial charge in [0.2, 0.25) is 0 Å². The Morgan fingerprint density at radius 2 is 1.94 bits per heavy atom. The van der Waals surface area contributed by atoms with Crippen LogP contribution in [0, 0.1) is 17.2 Å². The van der Waals surface area contributed by atoms with Crippen molar-refractivity contribution in [3.05, 3.63) is 35.9 Å². The van der Waals surface area contributed by atoms with Gasteiger partial charge in [0.25, 0.3) is 0 Å². The molecule has 0 fully saturated rings.